The monoisotopic (exact) mass is 240 g/mol. The molecule has 0 spiro atoms. The molecule has 3 nitrogen and oxygen atoms in total. The Labute approximate surface area is 101 Å². The summed E-state index contributed by atoms with van der Waals surface area (Å²) in [6.07, 6.45) is 3.15. The van der Waals surface area contributed by atoms with Gasteiger partial charge in [0.25, 0.3) is 0 Å². The molecule has 0 amide bonds. The summed E-state index contributed by atoms with van der Waals surface area (Å²) in [4.78, 5) is 6.47. The number of ether oxygens (including phenoxy) is 1. The molecule has 1 unspecified atom stereocenters. The van der Waals surface area contributed by atoms with Gasteiger partial charge in [0, 0.05) is 31.4 Å². The summed E-state index contributed by atoms with van der Waals surface area (Å²) in [7, 11) is 0. The van der Waals surface area contributed by atoms with Crippen molar-refractivity contribution in [3.05, 3.63) is 29.0 Å². The first-order valence-corrected chi connectivity index (χ1v) is 6.10. The average Bonchev–Trinajstić information content (AvgIpc) is 2.32. The van der Waals surface area contributed by atoms with Crippen molar-refractivity contribution in [1.82, 2.24) is 9.88 Å². The number of pyridine rings is 1. The van der Waals surface area contributed by atoms with Gasteiger partial charge in [-0.25, -0.2) is 4.98 Å². The Morgan fingerprint density at radius 2 is 2.50 bits per heavy atom. The fourth-order valence-electron chi connectivity index (χ4n) is 1.95. The molecule has 1 aromatic heterocycles. The molecule has 2 rings (SSSR count). The van der Waals surface area contributed by atoms with Crippen LogP contribution in [0.3, 0.4) is 0 Å². The topological polar surface area (TPSA) is 25.4 Å². The zero-order valence-corrected chi connectivity index (χ0v) is 10.3. The number of aromatic nitrogens is 1. The normalized spacial score (nSPS) is 22.2. The minimum absolute atomic E-state index is 0.365. The minimum Gasteiger partial charge on any atom is -0.376 e. The van der Waals surface area contributed by atoms with E-state index in [1.54, 1.807) is 6.20 Å². The van der Waals surface area contributed by atoms with Crippen LogP contribution in [-0.4, -0.2) is 35.7 Å². The zero-order chi connectivity index (χ0) is 11.4. The highest BCUT2D eigenvalue weighted by atomic mass is 35.5. The molecule has 0 aliphatic carbocycles. The Morgan fingerprint density at radius 3 is 3.25 bits per heavy atom. The summed E-state index contributed by atoms with van der Waals surface area (Å²) < 4.78 is 5.64. The van der Waals surface area contributed by atoms with E-state index >= 15 is 0 Å². The van der Waals surface area contributed by atoms with Crippen molar-refractivity contribution < 1.29 is 4.74 Å². The Kier molecular flexibility index (Phi) is 4.16. The number of halogens is 1. The molecule has 1 aromatic rings. The summed E-state index contributed by atoms with van der Waals surface area (Å²) in [6.45, 7) is 5.80. The summed E-state index contributed by atoms with van der Waals surface area (Å²) >= 11 is 6.04. The SMILES string of the molecule is CCC1CN(Cc2cccnc2Cl)CCO1. The van der Waals surface area contributed by atoms with Crippen LogP contribution < -0.4 is 0 Å². The smallest absolute Gasteiger partial charge is 0.133 e. The fourth-order valence-corrected chi connectivity index (χ4v) is 2.13. The van der Waals surface area contributed by atoms with E-state index in [1.165, 1.54) is 0 Å². The third-order valence-electron chi connectivity index (χ3n) is 2.91. The van der Waals surface area contributed by atoms with E-state index in [1.807, 2.05) is 12.1 Å². The number of nitrogens with zero attached hydrogens (tertiary/aromatic N) is 2. The van der Waals surface area contributed by atoms with Crippen molar-refractivity contribution in [3.63, 3.8) is 0 Å². The molecule has 4 heteroatoms. The molecule has 1 saturated heterocycles. The third kappa shape index (κ3) is 2.94. The lowest BCUT2D eigenvalue weighted by atomic mass is 10.2. The zero-order valence-electron chi connectivity index (χ0n) is 9.53. The van der Waals surface area contributed by atoms with E-state index in [0.717, 1.165) is 38.2 Å². The maximum absolute atomic E-state index is 6.04. The lowest BCUT2D eigenvalue weighted by Crippen LogP contribution is -2.41. The maximum Gasteiger partial charge on any atom is 0.133 e. The molecule has 0 radical (unpaired) electrons. The van der Waals surface area contributed by atoms with Crippen LogP contribution in [0.4, 0.5) is 0 Å². The van der Waals surface area contributed by atoms with Gasteiger partial charge in [0.05, 0.1) is 12.7 Å². The highest BCUT2D eigenvalue weighted by Crippen LogP contribution is 2.16. The quantitative estimate of drug-likeness (QED) is 0.759. The molecule has 0 N–H and O–H groups in total. The van der Waals surface area contributed by atoms with Gasteiger partial charge in [0.2, 0.25) is 0 Å². The first kappa shape index (κ1) is 11.8. The molecule has 1 atom stereocenters. The first-order chi connectivity index (χ1) is 7.79. The Balaban J connectivity index is 1.97. The number of morpholine rings is 1. The van der Waals surface area contributed by atoms with Crippen LogP contribution >= 0.6 is 11.6 Å². The highest BCUT2D eigenvalue weighted by molar-refractivity contribution is 6.30. The lowest BCUT2D eigenvalue weighted by Gasteiger charge is -2.32. The molecule has 1 fully saturated rings. The van der Waals surface area contributed by atoms with E-state index in [-0.39, 0.29) is 0 Å². The molecule has 1 aliphatic heterocycles. The second-order valence-electron chi connectivity index (χ2n) is 4.09. The van der Waals surface area contributed by atoms with Crippen LogP contribution in [0, 0.1) is 0 Å². The Hall–Kier alpha value is -0.640. The van der Waals surface area contributed by atoms with Gasteiger partial charge < -0.3 is 4.74 Å². The van der Waals surface area contributed by atoms with Crippen molar-refractivity contribution in [3.8, 4) is 0 Å². The summed E-state index contributed by atoms with van der Waals surface area (Å²) in [5, 5.41) is 0.613. The van der Waals surface area contributed by atoms with Gasteiger partial charge in [-0.05, 0) is 12.5 Å². The lowest BCUT2D eigenvalue weighted by molar-refractivity contribution is -0.0324. The van der Waals surface area contributed by atoms with Crippen molar-refractivity contribution >= 4 is 11.6 Å². The Morgan fingerprint density at radius 1 is 1.62 bits per heavy atom. The van der Waals surface area contributed by atoms with E-state index in [0.29, 0.717) is 11.3 Å². The number of hydrogen-bond donors (Lipinski definition) is 0. The second-order valence-corrected chi connectivity index (χ2v) is 4.45. The van der Waals surface area contributed by atoms with Gasteiger partial charge in [-0.15, -0.1) is 0 Å². The molecule has 0 bridgehead atoms. The standard InChI is InChI=1S/C12H17ClN2O/c1-2-11-9-15(6-7-16-11)8-10-4-3-5-14-12(10)13/h3-5,11H,2,6-9H2,1H3. The van der Waals surface area contributed by atoms with Gasteiger partial charge in [-0.1, -0.05) is 24.6 Å². The van der Waals surface area contributed by atoms with Gasteiger partial charge in [0.1, 0.15) is 5.15 Å². The number of rotatable bonds is 3. The molecular formula is C12H17ClN2O. The van der Waals surface area contributed by atoms with E-state index in [4.69, 9.17) is 16.3 Å². The van der Waals surface area contributed by atoms with Gasteiger partial charge in [-0.3, -0.25) is 4.90 Å². The van der Waals surface area contributed by atoms with Crippen molar-refractivity contribution in [1.29, 1.82) is 0 Å². The van der Waals surface area contributed by atoms with Crippen LogP contribution in [-0.2, 0) is 11.3 Å². The van der Waals surface area contributed by atoms with Crippen LogP contribution in [0.5, 0.6) is 0 Å². The van der Waals surface area contributed by atoms with E-state index < -0.39 is 0 Å². The second kappa shape index (κ2) is 5.62. The molecule has 2 heterocycles. The van der Waals surface area contributed by atoms with E-state index in [2.05, 4.69) is 16.8 Å². The van der Waals surface area contributed by atoms with Gasteiger partial charge in [0.15, 0.2) is 0 Å². The fraction of sp³-hybridized carbons (Fsp3) is 0.583. The largest absolute Gasteiger partial charge is 0.376 e. The first-order valence-electron chi connectivity index (χ1n) is 5.73. The molecule has 0 aromatic carbocycles. The average molecular weight is 241 g/mol. The van der Waals surface area contributed by atoms with Crippen LogP contribution in [0.1, 0.15) is 18.9 Å². The molecule has 1 aliphatic rings. The van der Waals surface area contributed by atoms with Crippen molar-refractivity contribution in [2.45, 2.75) is 26.0 Å². The summed E-state index contributed by atoms with van der Waals surface area (Å²) in [5.41, 5.74) is 1.10. The molecular weight excluding hydrogens is 224 g/mol. The van der Waals surface area contributed by atoms with E-state index in [9.17, 15) is 0 Å². The summed E-state index contributed by atoms with van der Waals surface area (Å²) in [5.74, 6) is 0. The Bertz CT molecular complexity index is 346. The van der Waals surface area contributed by atoms with Crippen LogP contribution in [0.25, 0.3) is 0 Å². The third-order valence-corrected chi connectivity index (χ3v) is 3.25. The number of hydrogen-bond acceptors (Lipinski definition) is 3. The predicted octanol–water partition coefficient (Wildman–Crippen LogP) is 2.35. The molecule has 0 saturated carbocycles. The molecule has 88 valence electrons. The predicted molar refractivity (Wildman–Crippen MR) is 64.6 cm³/mol. The van der Waals surface area contributed by atoms with Crippen LogP contribution in [0.2, 0.25) is 5.15 Å². The summed E-state index contributed by atoms with van der Waals surface area (Å²) in [6, 6.07) is 3.96. The van der Waals surface area contributed by atoms with Crippen molar-refractivity contribution in [2.75, 3.05) is 19.7 Å². The minimum atomic E-state index is 0.365. The maximum atomic E-state index is 6.04. The highest BCUT2D eigenvalue weighted by Gasteiger charge is 2.19. The van der Waals surface area contributed by atoms with Crippen molar-refractivity contribution in [2.24, 2.45) is 0 Å². The van der Waals surface area contributed by atoms with Crippen LogP contribution in [0.15, 0.2) is 18.3 Å². The molecule has 16 heavy (non-hydrogen) atoms. The van der Waals surface area contributed by atoms with Gasteiger partial charge in [-0.2, -0.15) is 0 Å². The van der Waals surface area contributed by atoms with Gasteiger partial charge >= 0.3 is 0 Å².